The Labute approximate surface area is 167 Å². The van der Waals surface area contributed by atoms with Crippen LogP contribution in [0.15, 0.2) is 53.3 Å². The van der Waals surface area contributed by atoms with Crippen molar-refractivity contribution >= 4 is 22.0 Å². The number of benzene rings is 2. The molecule has 1 amide bonds. The average molecular weight is 449 g/mol. The zero-order valence-electron chi connectivity index (χ0n) is 14.5. The van der Waals surface area contributed by atoms with Crippen molar-refractivity contribution in [3.05, 3.63) is 81.9 Å². The molecular weight excluding hydrogens is 434 g/mol. The third-order valence-corrected chi connectivity index (χ3v) is 5.08. The van der Waals surface area contributed by atoms with Crippen molar-refractivity contribution in [1.29, 1.82) is 0 Å². The highest BCUT2D eigenvalue weighted by atomic mass is 79.9. The number of aromatic nitrogens is 3. The van der Waals surface area contributed by atoms with Crippen LogP contribution in [0.1, 0.15) is 28.9 Å². The minimum atomic E-state index is -0.768. The predicted octanol–water partition coefficient (Wildman–Crippen LogP) is 4.08. The number of rotatable bonds is 4. The molecule has 3 aromatic rings. The highest BCUT2D eigenvalue weighted by Crippen LogP contribution is 2.40. The first-order valence-electron chi connectivity index (χ1n) is 8.52. The van der Waals surface area contributed by atoms with E-state index in [0.717, 1.165) is 5.56 Å². The van der Waals surface area contributed by atoms with Crippen LogP contribution in [0.3, 0.4) is 0 Å². The van der Waals surface area contributed by atoms with E-state index < -0.39 is 29.7 Å². The van der Waals surface area contributed by atoms with Crippen molar-refractivity contribution in [2.45, 2.75) is 25.1 Å². The fourth-order valence-corrected chi connectivity index (χ4v) is 3.77. The van der Waals surface area contributed by atoms with Gasteiger partial charge in [0.05, 0.1) is 0 Å². The fraction of sp³-hybridized carbons (Fsp3) is 0.211. The minimum Gasteiger partial charge on any atom is -0.445 e. The molecule has 0 bridgehead atoms. The van der Waals surface area contributed by atoms with E-state index in [1.807, 2.05) is 30.3 Å². The van der Waals surface area contributed by atoms with Crippen molar-refractivity contribution in [3.63, 3.8) is 0 Å². The summed E-state index contributed by atoms with van der Waals surface area (Å²) < 4.78 is 36.2. The number of hydrogen-bond acceptors (Lipinski definition) is 4. The molecule has 9 heteroatoms. The van der Waals surface area contributed by atoms with Gasteiger partial charge >= 0.3 is 6.09 Å². The van der Waals surface area contributed by atoms with Crippen molar-refractivity contribution in [2.75, 3.05) is 0 Å². The van der Waals surface area contributed by atoms with Gasteiger partial charge in [0.1, 0.15) is 30.6 Å². The van der Waals surface area contributed by atoms with E-state index in [1.165, 1.54) is 18.5 Å². The summed E-state index contributed by atoms with van der Waals surface area (Å²) >= 11 is 3.08. The van der Waals surface area contributed by atoms with Gasteiger partial charge in [-0.05, 0) is 17.7 Å². The lowest BCUT2D eigenvalue weighted by Gasteiger charge is -2.21. The van der Waals surface area contributed by atoms with E-state index >= 15 is 0 Å². The normalized spacial score (nSPS) is 18.0. The largest absolute Gasteiger partial charge is 0.445 e. The number of nitrogens with zero attached hydrogens (tertiary/aromatic N) is 3. The smallest absolute Gasteiger partial charge is 0.408 e. The molecule has 2 heterocycles. The first-order chi connectivity index (χ1) is 13.5. The van der Waals surface area contributed by atoms with Crippen molar-refractivity contribution in [2.24, 2.45) is 0 Å². The lowest BCUT2D eigenvalue weighted by molar-refractivity contribution is 0.134. The van der Waals surface area contributed by atoms with Gasteiger partial charge in [0.25, 0.3) is 0 Å². The van der Waals surface area contributed by atoms with Gasteiger partial charge in [-0.25, -0.2) is 13.6 Å². The van der Waals surface area contributed by atoms with E-state index in [4.69, 9.17) is 4.74 Å². The number of halogens is 3. The molecule has 0 saturated heterocycles. The fourth-order valence-electron chi connectivity index (χ4n) is 3.37. The molecule has 0 aliphatic carbocycles. The van der Waals surface area contributed by atoms with E-state index in [1.54, 1.807) is 4.57 Å². The third-order valence-electron chi connectivity index (χ3n) is 4.62. The maximum Gasteiger partial charge on any atom is 0.408 e. The van der Waals surface area contributed by atoms with E-state index in [9.17, 15) is 13.6 Å². The molecule has 1 aliphatic rings. The molecule has 144 valence electrons. The Kier molecular flexibility index (Phi) is 5.08. The van der Waals surface area contributed by atoms with Gasteiger partial charge in [-0.1, -0.05) is 46.3 Å². The molecular formula is C19H15BrF2N4O2. The monoisotopic (exact) mass is 448 g/mol. The lowest BCUT2D eigenvalue weighted by atomic mass is 9.92. The van der Waals surface area contributed by atoms with Crippen LogP contribution in [0.4, 0.5) is 13.6 Å². The molecule has 0 saturated carbocycles. The summed E-state index contributed by atoms with van der Waals surface area (Å²) in [5.74, 6) is -1.65. The number of nitrogens with one attached hydrogen (secondary N) is 1. The summed E-state index contributed by atoms with van der Waals surface area (Å²) in [6, 6.07) is 10.8. The van der Waals surface area contributed by atoms with Gasteiger partial charge in [0.15, 0.2) is 5.82 Å². The van der Waals surface area contributed by atoms with E-state index in [0.29, 0.717) is 10.3 Å². The van der Waals surface area contributed by atoms with Crippen LogP contribution >= 0.6 is 15.9 Å². The Morgan fingerprint density at radius 3 is 2.68 bits per heavy atom. The highest BCUT2D eigenvalue weighted by molar-refractivity contribution is 9.10. The Morgan fingerprint density at radius 2 is 1.96 bits per heavy atom. The van der Waals surface area contributed by atoms with Gasteiger partial charge in [-0.3, -0.25) is 0 Å². The third kappa shape index (κ3) is 3.62. The van der Waals surface area contributed by atoms with Crippen molar-refractivity contribution in [1.82, 2.24) is 20.1 Å². The topological polar surface area (TPSA) is 69.0 Å². The van der Waals surface area contributed by atoms with Crippen LogP contribution in [-0.4, -0.2) is 20.9 Å². The number of amides is 1. The van der Waals surface area contributed by atoms with Gasteiger partial charge in [-0.2, -0.15) is 0 Å². The Hall–Kier alpha value is -2.81. The zero-order valence-corrected chi connectivity index (χ0v) is 16.1. The first kappa shape index (κ1) is 18.5. The number of carbonyl (C=O) groups is 1. The number of hydrogen-bond donors (Lipinski definition) is 1. The number of ether oxygens (including phenoxy) is 1. The van der Waals surface area contributed by atoms with E-state index in [-0.39, 0.29) is 18.7 Å². The summed E-state index contributed by atoms with van der Waals surface area (Å²) in [7, 11) is 0. The van der Waals surface area contributed by atoms with Crippen LogP contribution in [0.25, 0.3) is 0 Å². The Bertz CT molecular complexity index is 989. The van der Waals surface area contributed by atoms with Gasteiger partial charge in [0, 0.05) is 22.5 Å². The molecule has 2 aromatic carbocycles. The lowest BCUT2D eigenvalue weighted by Crippen LogP contribution is -2.32. The molecule has 1 N–H and O–H groups in total. The minimum absolute atomic E-state index is 0.0811. The molecule has 0 radical (unpaired) electrons. The van der Waals surface area contributed by atoms with Crippen LogP contribution in [0.5, 0.6) is 0 Å². The van der Waals surface area contributed by atoms with Crippen LogP contribution in [-0.2, 0) is 17.9 Å². The SMILES string of the molecule is O=C(N[C@@H]1c2nncn2C[C@H]1c1c(F)cc(Br)cc1F)OCc1ccccc1. The van der Waals surface area contributed by atoms with Gasteiger partial charge < -0.3 is 14.6 Å². The standard InChI is InChI=1S/C19H15BrF2N4O2/c20-12-6-14(21)16(15(22)7-12)13-8-26-10-23-25-18(26)17(13)24-19(27)28-9-11-4-2-1-3-5-11/h1-7,10,13,17H,8-9H2,(H,24,27)/t13-,17-/m0/s1. The summed E-state index contributed by atoms with van der Waals surface area (Å²) in [6.45, 7) is 0.319. The maximum absolute atomic E-state index is 14.5. The predicted molar refractivity (Wildman–Crippen MR) is 99.3 cm³/mol. The second-order valence-corrected chi connectivity index (χ2v) is 7.33. The first-order valence-corrected chi connectivity index (χ1v) is 9.31. The van der Waals surface area contributed by atoms with E-state index in [2.05, 4.69) is 31.4 Å². The van der Waals surface area contributed by atoms with Gasteiger partial charge in [0.2, 0.25) is 0 Å². The molecule has 1 aliphatic heterocycles. The zero-order chi connectivity index (χ0) is 19.7. The van der Waals surface area contributed by atoms with Crippen molar-refractivity contribution < 1.29 is 18.3 Å². The van der Waals surface area contributed by atoms with Crippen molar-refractivity contribution in [3.8, 4) is 0 Å². The average Bonchev–Trinajstić information content (AvgIpc) is 3.23. The molecule has 0 spiro atoms. The van der Waals surface area contributed by atoms with Crippen LogP contribution < -0.4 is 5.32 Å². The maximum atomic E-state index is 14.5. The molecule has 2 atom stereocenters. The summed E-state index contributed by atoms with van der Waals surface area (Å²) in [5.41, 5.74) is 0.718. The molecule has 0 unspecified atom stereocenters. The van der Waals surface area contributed by atoms with Gasteiger partial charge in [-0.15, -0.1) is 10.2 Å². The molecule has 0 fully saturated rings. The summed E-state index contributed by atoms with van der Waals surface area (Å²) in [6.07, 6.45) is 0.766. The highest BCUT2D eigenvalue weighted by Gasteiger charge is 2.40. The summed E-state index contributed by atoms with van der Waals surface area (Å²) in [4.78, 5) is 12.3. The second-order valence-electron chi connectivity index (χ2n) is 6.41. The summed E-state index contributed by atoms with van der Waals surface area (Å²) in [5, 5.41) is 10.5. The molecule has 4 rings (SSSR count). The number of carbonyl (C=O) groups excluding carboxylic acids is 1. The quantitative estimate of drug-likeness (QED) is 0.652. The Morgan fingerprint density at radius 1 is 1.25 bits per heavy atom. The number of fused-ring (bicyclic) bond motifs is 1. The van der Waals surface area contributed by atoms with Crippen LogP contribution in [0, 0.1) is 11.6 Å². The second kappa shape index (κ2) is 7.67. The number of alkyl carbamates (subject to hydrolysis) is 1. The molecule has 1 aromatic heterocycles. The van der Waals surface area contributed by atoms with Crippen LogP contribution in [0.2, 0.25) is 0 Å². The molecule has 6 nitrogen and oxygen atoms in total. The molecule has 28 heavy (non-hydrogen) atoms. The Balaban J connectivity index is 1.55.